The van der Waals surface area contributed by atoms with E-state index in [2.05, 4.69) is 20.7 Å². The molecule has 0 bridgehead atoms. The van der Waals surface area contributed by atoms with Crippen molar-refractivity contribution in [3.8, 4) is 0 Å². The predicted octanol–water partition coefficient (Wildman–Crippen LogP) is 3.70. The molecule has 0 radical (unpaired) electrons. The summed E-state index contributed by atoms with van der Waals surface area (Å²) >= 11 is 2.00. The minimum absolute atomic E-state index is 0.289. The van der Waals surface area contributed by atoms with Gasteiger partial charge in [0.15, 0.2) is 0 Å². The zero-order valence-corrected chi connectivity index (χ0v) is 12.8. The van der Waals surface area contributed by atoms with Gasteiger partial charge in [-0.05, 0) is 39.8 Å². The van der Waals surface area contributed by atoms with Gasteiger partial charge in [0, 0.05) is 21.4 Å². The van der Waals surface area contributed by atoms with Gasteiger partial charge in [0.05, 0.1) is 6.04 Å². The number of benzene rings is 1. The molecule has 17 heavy (non-hydrogen) atoms. The van der Waals surface area contributed by atoms with Gasteiger partial charge in [-0.1, -0.05) is 22.0 Å². The molecule has 2 nitrogen and oxygen atoms in total. The van der Waals surface area contributed by atoms with Gasteiger partial charge < -0.3 is 4.55 Å². The molecule has 0 aliphatic heterocycles. The molecule has 0 fully saturated rings. The van der Waals surface area contributed by atoms with Crippen LogP contribution in [0, 0.1) is 5.82 Å². The lowest BCUT2D eigenvalue weighted by Gasteiger charge is -2.26. The Hall–Kier alpha value is -0.100. The first-order chi connectivity index (χ1) is 7.71. The van der Waals surface area contributed by atoms with Crippen molar-refractivity contribution in [1.29, 1.82) is 0 Å². The van der Waals surface area contributed by atoms with Crippen molar-refractivity contribution in [3.05, 3.63) is 34.1 Å². The van der Waals surface area contributed by atoms with Gasteiger partial charge in [0.25, 0.3) is 0 Å². The summed E-state index contributed by atoms with van der Waals surface area (Å²) in [4.78, 5) is 0. The Morgan fingerprint density at radius 1 is 1.41 bits per heavy atom. The van der Waals surface area contributed by atoms with Crippen molar-refractivity contribution in [2.45, 2.75) is 38.5 Å². The van der Waals surface area contributed by atoms with Crippen molar-refractivity contribution in [2.75, 3.05) is 0 Å². The van der Waals surface area contributed by atoms with Crippen LogP contribution in [0.1, 0.15) is 39.3 Å². The predicted molar refractivity (Wildman–Crippen MR) is 73.5 cm³/mol. The summed E-state index contributed by atoms with van der Waals surface area (Å²) in [6, 6.07) is 4.59. The van der Waals surface area contributed by atoms with E-state index < -0.39 is 11.4 Å². The first kappa shape index (κ1) is 15.0. The molecule has 1 N–H and O–H groups in total. The summed E-state index contributed by atoms with van der Waals surface area (Å²) in [7, 11) is 0. The summed E-state index contributed by atoms with van der Waals surface area (Å²) in [6.07, 6.45) is 0. The van der Waals surface area contributed by atoms with Crippen LogP contribution in [-0.4, -0.2) is 9.30 Å². The first-order valence-corrected chi connectivity index (χ1v) is 7.29. The van der Waals surface area contributed by atoms with Gasteiger partial charge in [0.1, 0.15) is 10.6 Å². The van der Waals surface area contributed by atoms with Crippen LogP contribution < -0.4 is 4.72 Å². The maximum absolute atomic E-state index is 13.7. The highest BCUT2D eigenvalue weighted by Gasteiger charge is 2.28. The number of hydrogen-bond donors (Lipinski definition) is 1. The molecule has 0 aliphatic rings. The maximum Gasteiger partial charge on any atom is 0.136 e. The molecule has 0 amide bonds. The summed E-state index contributed by atoms with van der Waals surface area (Å²) in [5.74, 6) is -0.301. The molecule has 0 aromatic heterocycles. The van der Waals surface area contributed by atoms with Crippen LogP contribution >= 0.6 is 15.9 Å². The smallest absolute Gasteiger partial charge is 0.136 e. The highest BCUT2D eigenvalue weighted by atomic mass is 79.9. The van der Waals surface area contributed by atoms with E-state index in [-0.39, 0.29) is 16.6 Å². The average Bonchev–Trinajstić information content (AvgIpc) is 2.15. The average molecular weight is 322 g/mol. The van der Waals surface area contributed by atoms with Crippen molar-refractivity contribution in [1.82, 2.24) is 4.72 Å². The van der Waals surface area contributed by atoms with Crippen LogP contribution in [0.4, 0.5) is 4.39 Å². The van der Waals surface area contributed by atoms with Gasteiger partial charge in [0.2, 0.25) is 0 Å². The van der Waals surface area contributed by atoms with E-state index in [4.69, 9.17) is 0 Å². The van der Waals surface area contributed by atoms with Gasteiger partial charge in [-0.3, -0.25) is 0 Å². The van der Waals surface area contributed by atoms with E-state index in [1.165, 1.54) is 6.07 Å². The molecule has 2 atom stereocenters. The molecule has 0 spiro atoms. The van der Waals surface area contributed by atoms with E-state index in [1.54, 1.807) is 19.1 Å². The van der Waals surface area contributed by atoms with Crippen LogP contribution in [0.25, 0.3) is 0 Å². The fourth-order valence-electron chi connectivity index (χ4n) is 1.25. The Balaban J connectivity index is 2.80. The zero-order chi connectivity index (χ0) is 13.2. The molecule has 1 aromatic rings. The van der Waals surface area contributed by atoms with Gasteiger partial charge >= 0.3 is 0 Å². The fourth-order valence-corrected chi connectivity index (χ4v) is 2.39. The Bertz CT molecular complexity index is 395. The molecular weight excluding hydrogens is 305 g/mol. The Morgan fingerprint density at radius 3 is 2.47 bits per heavy atom. The van der Waals surface area contributed by atoms with Crippen molar-refractivity contribution >= 4 is 27.3 Å². The lowest BCUT2D eigenvalue weighted by molar-refractivity contribution is 0.522. The lowest BCUT2D eigenvalue weighted by Crippen LogP contribution is -2.40. The highest BCUT2D eigenvalue weighted by Crippen LogP contribution is 2.23. The van der Waals surface area contributed by atoms with Crippen LogP contribution in [0.2, 0.25) is 0 Å². The molecule has 0 aliphatic carbocycles. The number of rotatable bonds is 3. The second kappa shape index (κ2) is 5.69. The van der Waals surface area contributed by atoms with Gasteiger partial charge in [-0.2, -0.15) is 0 Å². The van der Waals surface area contributed by atoms with E-state index in [0.29, 0.717) is 10.0 Å². The maximum atomic E-state index is 13.7. The summed E-state index contributed by atoms with van der Waals surface area (Å²) in [6.45, 7) is 7.43. The monoisotopic (exact) mass is 321 g/mol. The second-order valence-corrected chi connectivity index (χ2v) is 7.80. The Morgan fingerprint density at radius 2 is 2.00 bits per heavy atom. The molecule has 0 heterocycles. The first-order valence-electron chi connectivity index (χ1n) is 5.35. The van der Waals surface area contributed by atoms with Crippen molar-refractivity contribution in [2.24, 2.45) is 0 Å². The highest BCUT2D eigenvalue weighted by molar-refractivity contribution is 9.10. The molecule has 96 valence electrons. The van der Waals surface area contributed by atoms with E-state index >= 15 is 0 Å². The van der Waals surface area contributed by atoms with Gasteiger partial charge in [-0.15, -0.1) is 4.72 Å². The Kier molecular flexibility index (Phi) is 5.01. The van der Waals surface area contributed by atoms with Crippen LogP contribution in [0.3, 0.4) is 0 Å². The third kappa shape index (κ3) is 4.25. The quantitative estimate of drug-likeness (QED) is 0.861. The van der Waals surface area contributed by atoms with Gasteiger partial charge in [-0.25, -0.2) is 4.39 Å². The standard InChI is InChI=1S/C12H17BrFNOS/c1-8(15-17(16)12(2,3)4)10-6-5-9(13)7-11(10)14/h5-8,15H,1-4H3/t8?,17-/m1/s1. The minimum atomic E-state index is -1.21. The van der Waals surface area contributed by atoms with E-state index in [9.17, 15) is 8.94 Å². The third-order valence-corrected chi connectivity index (χ3v) is 4.44. The van der Waals surface area contributed by atoms with E-state index in [0.717, 1.165) is 0 Å². The largest absolute Gasteiger partial charge is 0.598 e. The minimum Gasteiger partial charge on any atom is -0.598 e. The van der Waals surface area contributed by atoms with Crippen molar-refractivity contribution in [3.63, 3.8) is 0 Å². The molecule has 1 unspecified atom stereocenters. The SMILES string of the molecule is CC(N[S@+]([O-])C(C)(C)C)c1ccc(Br)cc1F. The molecule has 0 saturated heterocycles. The third-order valence-electron chi connectivity index (χ3n) is 2.27. The number of nitrogens with one attached hydrogen (secondary N) is 1. The lowest BCUT2D eigenvalue weighted by atomic mass is 10.1. The van der Waals surface area contributed by atoms with Crippen LogP contribution in [0.5, 0.6) is 0 Å². The molecule has 0 saturated carbocycles. The normalized spacial score (nSPS) is 15.7. The number of halogens is 2. The summed E-state index contributed by atoms with van der Waals surface area (Å²) in [5, 5.41) is 0. The topological polar surface area (TPSA) is 35.1 Å². The second-order valence-electron chi connectivity index (χ2n) is 4.89. The van der Waals surface area contributed by atoms with E-state index in [1.807, 2.05) is 20.8 Å². The molecule has 1 rings (SSSR count). The summed E-state index contributed by atoms with van der Waals surface area (Å²) < 4.78 is 28.8. The van der Waals surface area contributed by atoms with Crippen LogP contribution in [0.15, 0.2) is 22.7 Å². The van der Waals surface area contributed by atoms with Crippen LogP contribution in [-0.2, 0) is 11.4 Å². The Labute approximate surface area is 113 Å². The fraction of sp³-hybridized carbons (Fsp3) is 0.500. The molecular formula is C12H17BrFNOS. The molecule has 5 heteroatoms. The number of hydrogen-bond acceptors (Lipinski definition) is 2. The molecule has 1 aromatic carbocycles. The zero-order valence-electron chi connectivity index (χ0n) is 10.4. The summed E-state index contributed by atoms with van der Waals surface area (Å²) in [5.41, 5.74) is 0.519. The van der Waals surface area contributed by atoms with Crippen molar-refractivity contribution < 1.29 is 8.94 Å².